The molecular weight excluding hydrogens is 397 g/mol. The molecule has 158 valence electrons. The first-order chi connectivity index (χ1) is 13.6. The molecule has 0 aliphatic heterocycles. The smallest absolute Gasteiger partial charge is 0.330 e. The van der Waals surface area contributed by atoms with E-state index in [4.69, 9.17) is 22.7 Å². The van der Waals surface area contributed by atoms with E-state index in [0.717, 1.165) is 0 Å². The summed E-state index contributed by atoms with van der Waals surface area (Å²) < 4.78 is 20.3. The van der Waals surface area contributed by atoms with Crippen LogP contribution in [0.4, 0.5) is 21.6 Å². The maximum atomic E-state index is 13.9. The van der Waals surface area contributed by atoms with Gasteiger partial charge in [0.2, 0.25) is 0 Å². The summed E-state index contributed by atoms with van der Waals surface area (Å²) in [5.41, 5.74) is 5.90. The summed E-state index contributed by atoms with van der Waals surface area (Å²) in [6.45, 7) is 6.28. The van der Waals surface area contributed by atoms with Crippen LogP contribution < -0.4 is 27.2 Å². The molecule has 0 saturated heterocycles. The Bertz CT molecular complexity index is 1000. The highest BCUT2D eigenvalue weighted by atomic mass is 32.1. The van der Waals surface area contributed by atoms with E-state index in [2.05, 4.69) is 10.3 Å². The van der Waals surface area contributed by atoms with Crippen molar-refractivity contribution < 1.29 is 9.13 Å². The van der Waals surface area contributed by atoms with E-state index in [1.54, 1.807) is 19.1 Å². The second-order valence-corrected chi connectivity index (χ2v) is 7.42. The van der Waals surface area contributed by atoms with Crippen molar-refractivity contribution in [1.82, 2.24) is 9.55 Å². The molecule has 1 aromatic heterocycles. The van der Waals surface area contributed by atoms with Crippen molar-refractivity contribution in [2.75, 3.05) is 36.2 Å². The first kappa shape index (κ1) is 22.6. The van der Waals surface area contributed by atoms with Crippen LogP contribution >= 0.6 is 12.2 Å². The zero-order chi connectivity index (χ0) is 21.7. The number of nitrogens with one attached hydrogen (secondary N) is 2. The molecule has 0 radical (unpaired) electrons. The van der Waals surface area contributed by atoms with Gasteiger partial charge in [0.1, 0.15) is 11.6 Å². The first-order valence-electron chi connectivity index (χ1n) is 9.11. The van der Waals surface area contributed by atoms with Crippen LogP contribution in [-0.4, -0.2) is 34.9 Å². The zero-order valence-corrected chi connectivity index (χ0v) is 17.7. The lowest BCUT2D eigenvalue weighted by Gasteiger charge is -2.27. The summed E-state index contributed by atoms with van der Waals surface area (Å²) in [4.78, 5) is 28.5. The number of nitrogens with zero attached hydrogens (tertiary/aromatic N) is 2. The van der Waals surface area contributed by atoms with E-state index in [-0.39, 0.29) is 41.5 Å². The molecule has 2 rings (SSSR count). The van der Waals surface area contributed by atoms with Crippen LogP contribution in [-0.2, 0) is 11.3 Å². The molecule has 0 unspecified atom stereocenters. The Kier molecular flexibility index (Phi) is 7.52. The number of ether oxygens (including phenoxy) is 1. The molecule has 0 spiro atoms. The molecule has 0 saturated carbocycles. The lowest BCUT2D eigenvalue weighted by atomic mass is 10.2. The summed E-state index contributed by atoms with van der Waals surface area (Å²) in [6.07, 6.45) is 0. The van der Waals surface area contributed by atoms with Gasteiger partial charge in [-0.3, -0.25) is 14.3 Å². The minimum absolute atomic E-state index is 0.00258. The Morgan fingerprint density at radius 1 is 1.41 bits per heavy atom. The number of hydrogen-bond acceptors (Lipinski definition) is 5. The quantitative estimate of drug-likeness (QED) is 0.586. The molecule has 2 aromatic rings. The number of rotatable bonds is 7. The molecule has 0 fully saturated rings. The average molecular weight is 424 g/mol. The average Bonchev–Trinajstić information content (AvgIpc) is 2.64. The zero-order valence-electron chi connectivity index (χ0n) is 16.9. The first-order valence-corrected chi connectivity index (χ1v) is 9.52. The van der Waals surface area contributed by atoms with E-state index < -0.39 is 11.2 Å². The number of nitrogen functional groups attached to an aromatic ring is 1. The number of thiocarbonyl (C=S) groups is 1. The summed E-state index contributed by atoms with van der Waals surface area (Å²) in [6, 6.07) is 4.60. The number of benzene rings is 1. The Balaban J connectivity index is 2.48. The third-order valence-electron chi connectivity index (χ3n) is 4.22. The molecule has 1 aromatic carbocycles. The SMILES string of the molecule is COCCN(C(=S)Nc1ccc(C)c(F)c1)c1c(N)n(CC(C)C)c(=O)[nH]c1=O. The number of aromatic amines is 1. The predicted molar refractivity (Wildman–Crippen MR) is 117 cm³/mol. The Morgan fingerprint density at radius 2 is 2.10 bits per heavy atom. The Hall–Kier alpha value is -2.72. The van der Waals surface area contributed by atoms with Crippen LogP contribution in [0.15, 0.2) is 27.8 Å². The van der Waals surface area contributed by atoms with E-state index in [9.17, 15) is 14.0 Å². The van der Waals surface area contributed by atoms with Gasteiger partial charge in [0.05, 0.1) is 6.61 Å². The van der Waals surface area contributed by atoms with E-state index in [1.165, 1.54) is 22.6 Å². The number of H-pyrrole nitrogens is 1. The van der Waals surface area contributed by atoms with Gasteiger partial charge in [0.25, 0.3) is 5.56 Å². The number of nitrogens with two attached hydrogens (primary N) is 1. The third-order valence-corrected chi connectivity index (χ3v) is 4.54. The fraction of sp³-hybridized carbons (Fsp3) is 0.421. The highest BCUT2D eigenvalue weighted by Crippen LogP contribution is 2.20. The number of methoxy groups -OCH3 is 1. The van der Waals surface area contributed by atoms with Gasteiger partial charge in [-0.25, -0.2) is 9.18 Å². The molecule has 0 atom stereocenters. The number of hydrogen-bond donors (Lipinski definition) is 3. The Labute approximate surface area is 173 Å². The van der Waals surface area contributed by atoms with E-state index in [1.807, 2.05) is 13.8 Å². The molecule has 1 heterocycles. The number of halogens is 1. The summed E-state index contributed by atoms with van der Waals surface area (Å²) >= 11 is 5.45. The molecule has 8 nitrogen and oxygen atoms in total. The van der Waals surface area contributed by atoms with Crippen LogP contribution in [0.25, 0.3) is 0 Å². The fourth-order valence-corrected chi connectivity index (χ4v) is 3.04. The van der Waals surface area contributed by atoms with Crippen LogP contribution in [0.1, 0.15) is 19.4 Å². The third kappa shape index (κ3) is 5.42. The lowest BCUT2D eigenvalue weighted by molar-refractivity contribution is 0.208. The Morgan fingerprint density at radius 3 is 2.69 bits per heavy atom. The normalized spacial score (nSPS) is 11.0. The molecule has 0 amide bonds. The number of aryl methyl sites for hydroxylation is 1. The van der Waals surface area contributed by atoms with Crippen molar-refractivity contribution in [3.8, 4) is 0 Å². The second-order valence-electron chi connectivity index (χ2n) is 7.04. The summed E-state index contributed by atoms with van der Waals surface area (Å²) in [5.74, 6) is -0.256. The van der Waals surface area contributed by atoms with Gasteiger partial charge in [0, 0.05) is 25.9 Å². The lowest BCUT2D eigenvalue weighted by Crippen LogP contribution is -2.44. The van der Waals surface area contributed by atoms with Crippen LogP contribution in [0.5, 0.6) is 0 Å². The van der Waals surface area contributed by atoms with Crippen molar-refractivity contribution in [3.63, 3.8) is 0 Å². The van der Waals surface area contributed by atoms with Gasteiger partial charge < -0.3 is 20.7 Å². The highest BCUT2D eigenvalue weighted by molar-refractivity contribution is 7.80. The maximum absolute atomic E-state index is 13.9. The molecule has 0 aliphatic rings. The van der Waals surface area contributed by atoms with Gasteiger partial charge in [-0.2, -0.15) is 0 Å². The van der Waals surface area contributed by atoms with E-state index >= 15 is 0 Å². The van der Waals surface area contributed by atoms with Gasteiger partial charge in [-0.1, -0.05) is 19.9 Å². The van der Waals surface area contributed by atoms with E-state index in [0.29, 0.717) is 17.8 Å². The van der Waals surface area contributed by atoms with Gasteiger partial charge in [-0.15, -0.1) is 0 Å². The van der Waals surface area contributed by atoms with Crippen molar-refractivity contribution in [3.05, 3.63) is 50.4 Å². The van der Waals surface area contributed by atoms with Gasteiger partial charge in [0.15, 0.2) is 10.8 Å². The molecular formula is C19H26FN5O3S. The van der Waals surface area contributed by atoms with Crippen molar-refractivity contribution in [2.45, 2.75) is 27.3 Å². The number of anilines is 3. The molecule has 4 N–H and O–H groups in total. The highest BCUT2D eigenvalue weighted by Gasteiger charge is 2.22. The molecule has 29 heavy (non-hydrogen) atoms. The summed E-state index contributed by atoms with van der Waals surface area (Å²) in [5, 5.41) is 3.04. The molecule has 0 bridgehead atoms. The predicted octanol–water partition coefficient (Wildman–Crippen LogP) is 2.07. The largest absolute Gasteiger partial charge is 0.383 e. The summed E-state index contributed by atoms with van der Waals surface area (Å²) in [7, 11) is 1.51. The molecule has 10 heteroatoms. The fourth-order valence-electron chi connectivity index (χ4n) is 2.74. The van der Waals surface area contributed by atoms with Gasteiger partial charge >= 0.3 is 5.69 Å². The minimum Gasteiger partial charge on any atom is -0.383 e. The second kappa shape index (κ2) is 9.66. The topological polar surface area (TPSA) is 105 Å². The standard InChI is InChI=1S/C19H26FN5O3S/c1-11(2)10-25-16(21)15(17(26)23-18(25)27)24(7-8-28-4)19(29)22-13-6-5-12(3)14(20)9-13/h5-6,9,11H,7-8,10,21H2,1-4H3,(H,22,29)(H,23,26,27). The van der Waals surface area contributed by atoms with Crippen molar-refractivity contribution in [1.29, 1.82) is 0 Å². The van der Waals surface area contributed by atoms with Crippen molar-refractivity contribution in [2.24, 2.45) is 5.92 Å². The van der Waals surface area contributed by atoms with Crippen molar-refractivity contribution >= 4 is 34.5 Å². The number of aromatic nitrogens is 2. The van der Waals surface area contributed by atoms with Crippen LogP contribution in [0, 0.1) is 18.7 Å². The maximum Gasteiger partial charge on any atom is 0.330 e. The van der Waals surface area contributed by atoms with Crippen LogP contribution in [0.3, 0.4) is 0 Å². The van der Waals surface area contributed by atoms with Crippen LogP contribution in [0.2, 0.25) is 0 Å². The van der Waals surface area contributed by atoms with Gasteiger partial charge in [-0.05, 0) is 42.8 Å². The monoisotopic (exact) mass is 423 g/mol. The minimum atomic E-state index is -0.664. The molecule has 0 aliphatic carbocycles.